The number of ether oxygens (including phenoxy) is 2. The van der Waals surface area contributed by atoms with E-state index < -0.39 is 34.8 Å². The molecule has 0 aliphatic carbocycles. The van der Waals surface area contributed by atoms with Gasteiger partial charge in [-0.3, -0.25) is 9.59 Å². The van der Waals surface area contributed by atoms with Crippen LogP contribution in [0, 0.1) is 0 Å². The van der Waals surface area contributed by atoms with Gasteiger partial charge in [0.25, 0.3) is 11.8 Å². The average molecular weight is 500 g/mol. The second-order valence-corrected chi connectivity index (χ2v) is 8.00. The molecule has 188 valence electrons. The summed E-state index contributed by atoms with van der Waals surface area (Å²) in [7, 11) is 2.93. The summed E-state index contributed by atoms with van der Waals surface area (Å²) in [6, 6.07) is 16.1. The minimum Gasteiger partial charge on any atom is -0.495 e. The molecular formula is C25H23F3N4O4. The minimum atomic E-state index is -4.67. The van der Waals surface area contributed by atoms with Gasteiger partial charge in [-0.05, 0) is 42.5 Å². The highest BCUT2D eigenvalue weighted by Crippen LogP contribution is 2.38. The topological polar surface area (TPSA) is 101 Å². The number of fused-ring (bicyclic) bond motifs is 1. The average Bonchev–Trinajstić information content (AvgIpc) is 3.23. The van der Waals surface area contributed by atoms with E-state index in [4.69, 9.17) is 9.47 Å². The van der Waals surface area contributed by atoms with Gasteiger partial charge < -0.3 is 30.7 Å². The van der Waals surface area contributed by atoms with Crippen molar-refractivity contribution in [2.45, 2.75) is 11.8 Å². The van der Waals surface area contributed by atoms with Gasteiger partial charge in [0.2, 0.25) is 5.66 Å². The van der Waals surface area contributed by atoms with Crippen LogP contribution in [0.25, 0.3) is 0 Å². The zero-order chi connectivity index (χ0) is 25.9. The van der Waals surface area contributed by atoms with Crippen LogP contribution < -0.4 is 26.0 Å². The van der Waals surface area contributed by atoms with E-state index in [1.54, 1.807) is 30.3 Å². The number of alkyl halides is 3. The molecule has 0 saturated heterocycles. The first-order chi connectivity index (χ1) is 17.2. The number of hydrogen-bond acceptors (Lipinski definition) is 6. The smallest absolute Gasteiger partial charge is 0.417 e. The third-order valence-corrected chi connectivity index (χ3v) is 5.55. The minimum absolute atomic E-state index is 0.0662. The van der Waals surface area contributed by atoms with E-state index in [2.05, 4.69) is 21.3 Å². The summed E-state index contributed by atoms with van der Waals surface area (Å²) in [6.45, 7) is -0.0662. The lowest BCUT2D eigenvalue weighted by Gasteiger charge is -2.28. The molecule has 0 fully saturated rings. The highest BCUT2D eigenvalue weighted by Gasteiger charge is 2.44. The van der Waals surface area contributed by atoms with Gasteiger partial charge in [-0.25, -0.2) is 0 Å². The molecule has 0 saturated carbocycles. The molecule has 1 heterocycles. The van der Waals surface area contributed by atoms with Crippen LogP contribution in [0.4, 0.5) is 35.9 Å². The summed E-state index contributed by atoms with van der Waals surface area (Å²) in [5.74, 6) is -0.904. The number of carbonyl (C=O) groups excluding carboxylic acids is 2. The zero-order valence-corrected chi connectivity index (χ0v) is 19.3. The Hall–Kier alpha value is -4.25. The summed E-state index contributed by atoms with van der Waals surface area (Å²) in [5, 5.41) is 11.5. The Balaban J connectivity index is 1.56. The maximum atomic E-state index is 13.3. The highest BCUT2D eigenvalue weighted by atomic mass is 19.4. The van der Waals surface area contributed by atoms with E-state index >= 15 is 0 Å². The molecule has 8 nitrogen and oxygen atoms in total. The van der Waals surface area contributed by atoms with E-state index in [0.717, 1.165) is 12.1 Å². The molecular weight excluding hydrogens is 477 g/mol. The Morgan fingerprint density at radius 3 is 2.33 bits per heavy atom. The molecule has 11 heteroatoms. The van der Waals surface area contributed by atoms with Gasteiger partial charge in [-0.2, -0.15) is 13.2 Å². The third kappa shape index (κ3) is 4.91. The summed E-state index contributed by atoms with van der Waals surface area (Å²) in [4.78, 5) is 25.9. The van der Waals surface area contributed by atoms with Crippen LogP contribution in [0.5, 0.6) is 5.75 Å². The summed E-state index contributed by atoms with van der Waals surface area (Å²) >= 11 is 0. The van der Waals surface area contributed by atoms with Crippen molar-refractivity contribution in [3.05, 3.63) is 77.9 Å². The van der Waals surface area contributed by atoms with E-state index in [-0.39, 0.29) is 12.3 Å². The van der Waals surface area contributed by atoms with Crippen molar-refractivity contribution in [2.75, 3.05) is 42.1 Å². The number of para-hydroxylation sites is 2. The monoisotopic (exact) mass is 500 g/mol. The summed E-state index contributed by atoms with van der Waals surface area (Å²) < 4.78 is 50.5. The predicted octanol–water partition coefficient (Wildman–Crippen LogP) is 4.79. The standard InChI is InChI=1S/C25H23F3N4O4/c1-35-14-24(23(34)30-19-9-5-6-10-21(19)36-2)31-18-12-11-15(13-20(18)32-24)29-22(33)16-7-3-4-8-17(16)25(26,27)28/h3-13,31-32H,14H2,1-2H3,(H,29,33)(H,30,34). The Morgan fingerprint density at radius 1 is 0.917 bits per heavy atom. The van der Waals surface area contributed by atoms with Crippen molar-refractivity contribution >= 4 is 34.6 Å². The Kier molecular flexibility index (Phi) is 6.75. The number of methoxy groups -OCH3 is 2. The van der Waals surface area contributed by atoms with Crippen LogP contribution in [0.2, 0.25) is 0 Å². The molecule has 3 aromatic carbocycles. The van der Waals surface area contributed by atoms with Gasteiger partial charge >= 0.3 is 6.18 Å². The zero-order valence-electron chi connectivity index (χ0n) is 19.3. The number of halogens is 3. The van der Waals surface area contributed by atoms with Gasteiger partial charge in [-0.1, -0.05) is 24.3 Å². The van der Waals surface area contributed by atoms with Gasteiger partial charge in [0, 0.05) is 12.8 Å². The number of amides is 2. The predicted molar refractivity (Wildman–Crippen MR) is 129 cm³/mol. The molecule has 36 heavy (non-hydrogen) atoms. The maximum Gasteiger partial charge on any atom is 0.417 e. The molecule has 4 rings (SSSR count). The second-order valence-electron chi connectivity index (χ2n) is 8.00. The molecule has 2 amide bonds. The summed E-state index contributed by atoms with van der Waals surface area (Å²) in [6.07, 6.45) is -4.67. The number of carbonyl (C=O) groups is 2. The maximum absolute atomic E-state index is 13.3. The molecule has 1 aliphatic rings. The lowest BCUT2D eigenvalue weighted by atomic mass is 10.1. The van der Waals surface area contributed by atoms with E-state index in [0.29, 0.717) is 22.8 Å². The molecule has 0 radical (unpaired) electrons. The van der Waals surface area contributed by atoms with Crippen LogP contribution in [0.1, 0.15) is 15.9 Å². The molecule has 1 aliphatic heterocycles. The van der Waals surface area contributed by atoms with Gasteiger partial charge in [0.1, 0.15) is 5.75 Å². The van der Waals surface area contributed by atoms with Gasteiger partial charge in [0.15, 0.2) is 0 Å². The molecule has 3 aromatic rings. The van der Waals surface area contributed by atoms with Gasteiger partial charge in [-0.15, -0.1) is 0 Å². The second kappa shape index (κ2) is 9.78. The number of nitrogens with one attached hydrogen (secondary N) is 4. The van der Waals surface area contributed by atoms with Crippen LogP contribution in [-0.2, 0) is 15.7 Å². The lowest BCUT2D eigenvalue weighted by Crippen LogP contribution is -2.56. The van der Waals surface area contributed by atoms with Crippen molar-refractivity contribution in [1.82, 2.24) is 0 Å². The fourth-order valence-corrected chi connectivity index (χ4v) is 3.90. The first-order valence-electron chi connectivity index (χ1n) is 10.8. The third-order valence-electron chi connectivity index (χ3n) is 5.55. The SMILES string of the molecule is COCC1(C(=O)Nc2ccccc2OC)Nc2ccc(NC(=O)c3ccccc3C(F)(F)F)cc2N1. The van der Waals surface area contributed by atoms with Crippen molar-refractivity contribution in [2.24, 2.45) is 0 Å². The first kappa shape index (κ1) is 24.9. The number of anilines is 4. The Morgan fingerprint density at radius 2 is 1.61 bits per heavy atom. The van der Waals surface area contributed by atoms with Crippen LogP contribution in [0.15, 0.2) is 66.7 Å². The molecule has 0 aromatic heterocycles. The molecule has 4 N–H and O–H groups in total. The molecule has 0 bridgehead atoms. The van der Waals surface area contributed by atoms with Crippen molar-refractivity contribution < 1.29 is 32.2 Å². The highest BCUT2D eigenvalue weighted by molar-refractivity contribution is 6.08. The summed E-state index contributed by atoms with van der Waals surface area (Å²) in [5.41, 5.74) is -1.25. The number of rotatable bonds is 7. The van der Waals surface area contributed by atoms with Crippen molar-refractivity contribution in [3.63, 3.8) is 0 Å². The molecule has 1 unspecified atom stereocenters. The fourth-order valence-electron chi connectivity index (χ4n) is 3.90. The number of benzene rings is 3. The van der Waals surface area contributed by atoms with Crippen molar-refractivity contribution in [1.29, 1.82) is 0 Å². The normalized spacial score (nSPS) is 16.4. The Labute approximate surface area is 204 Å². The molecule has 1 atom stereocenters. The first-order valence-corrected chi connectivity index (χ1v) is 10.8. The van der Waals surface area contributed by atoms with Crippen LogP contribution >= 0.6 is 0 Å². The largest absolute Gasteiger partial charge is 0.495 e. The quantitative estimate of drug-likeness (QED) is 0.373. The van der Waals surface area contributed by atoms with Gasteiger partial charge in [0.05, 0.1) is 41.9 Å². The van der Waals surface area contributed by atoms with E-state index in [1.807, 2.05) is 0 Å². The lowest BCUT2D eigenvalue weighted by molar-refractivity contribution is -0.137. The van der Waals surface area contributed by atoms with Crippen molar-refractivity contribution in [3.8, 4) is 5.75 Å². The fraction of sp³-hybridized carbons (Fsp3) is 0.200. The van der Waals surface area contributed by atoms with E-state index in [1.165, 1.54) is 38.5 Å². The Bertz CT molecular complexity index is 1300. The van der Waals surface area contributed by atoms with Crippen LogP contribution in [-0.4, -0.2) is 38.3 Å². The number of hydrogen-bond donors (Lipinski definition) is 4. The molecule has 0 spiro atoms. The van der Waals surface area contributed by atoms with E-state index in [9.17, 15) is 22.8 Å². The van der Waals surface area contributed by atoms with Crippen LogP contribution in [0.3, 0.4) is 0 Å².